The number of aryl methyl sites for hydroxylation is 1. The number of rotatable bonds is 9. The Labute approximate surface area is 175 Å². The van der Waals surface area contributed by atoms with Crippen LogP contribution in [0.5, 0.6) is 17.2 Å². The van der Waals surface area contributed by atoms with Crippen LogP contribution < -0.4 is 14.8 Å². The Morgan fingerprint density at radius 3 is 2.27 bits per heavy atom. The van der Waals surface area contributed by atoms with Crippen LogP contribution in [0.15, 0.2) is 78.9 Å². The number of ether oxygens (including phenoxy) is 3. The molecular weight excluding hydrogens is 382 g/mol. The molecule has 3 aromatic carbocycles. The first-order chi connectivity index (χ1) is 14.7. The molecule has 0 saturated heterocycles. The molecule has 0 heterocycles. The van der Waals surface area contributed by atoms with Crippen LogP contribution in [0.3, 0.4) is 0 Å². The number of hydrogen-bond donors (Lipinski definition) is 1. The summed E-state index contributed by atoms with van der Waals surface area (Å²) in [7, 11) is 1.58. The van der Waals surface area contributed by atoms with Crippen LogP contribution in [0, 0.1) is 0 Å². The quantitative estimate of drug-likeness (QED) is 0.527. The summed E-state index contributed by atoms with van der Waals surface area (Å²) in [6, 6.07) is 23.8. The molecule has 6 heteroatoms. The molecule has 0 atom stereocenters. The summed E-state index contributed by atoms with van der Waals surface area (Å²) < 4.78 is 16.2. The number of anilines is 1. The maximum Gasteiger partial charge on any atom is 0.306 e. The van der Waals surface area contributed by atoms with E-state index in [9.17, 15) is 9.59 Å². The second-order valence-electron chi connectivity index (χ2n) is 6.43. The van der Waals surface area contributed by atoms with E-state index in [1.807, 2.05) is 60.7 Å². The Morgan fingerprint density at radius 1 is 0.833 bits per heavy atom. The van der Waals surface area contributed by atoms with Crippen LogP contribution in [0.4, 0.5) is 5.69 Å². The molecule has 6 nitrogen and oxygen atoms in total. The van der Waals surface area contributed by atoms with Crippen molar-refractivity contribution in [3.8, 4) is 17.2 Å². The summed E-state index contributed by atoms with van der Waals surface area (Å²) in [5, 5.41) is 2.72. The zero-order valence-corrected chi connectivity index (χ0v) is 16.7. The number of hydrogen-bond acceptors (Lipinski definition) is 5. The zero-order chi connectivity index (χ0) is 21.2. The van der Waals surface area contributed by atoms with E-state index < -0.39 is 11.9 Å². The van der Waals surface area contributed by atoms with Crippen LogP contribution in [0.25, 0.3) is 0 Å². The van der Waals surface area contributed by atoms with E-state index in [1.165, 1.54) is 0 Å². The lowest BCUT2D eigenvalue weighted by atomic mass is 10.1. The Bertz CT molecular complexity index is 988. The number of carbonyl (C=O) groups is 2. The third-order valence-electron chi connectivity index (χ3n) is 4.29. The monoisotopic (exact) mass is 405 g/mol. The third-order valence-corrected chi connectivity index (χ3v) is 4.29. The minimum absolute atomic E-state index is 0.154. The average molecular weight is 405 g/mol. The summed E-state index contributed by atoms with van der Waals surface area (Å²) in [6.07, 6.45) is 0.625. The van der Waals surface area contributed by atoms with E-state index >= 15 is 0 Å². The first-order valence-corrected chi connectivity index (χ1v) is 9.55. The van der Waals surface area contributed by atoms with Crippen molar-refractivity contribution in [2.24, 2.45) is 0 Å². The maximum atomic E-state index is 12.2. The number of carbonyl (C=O) groups excluding carboxylic acids is 2. The van der Waals surface area contributed by atoms with Gasteiger partial charge in [-0.15, -0.1) is 0 Å². The molecule has 0 aliphatic carbocycles. The first kappa shape index (κ1) is 20.9. The van der Waals surface area contributed by atoms with Crippen molar-refractivity contribution in [2.45, 2.75) is 12.8 Å². The fourth-order valence-corrected chi connectivity index (χ4v) is 2.83. The number of para-hydroxylation sites is 4. The Kier molecular flexibility index (Phi) is 7.44. The normalized spacial score (nSPS) is 10.2. The predicted molar refractivity (Wildman–Crippen MR) is 114 cm³/mol. The van der Waals surface area contributed by atoms with Gasteiger partial charge in [0.1, 0.15) is 11.5 Å². The van der Waals surface area contributed by atoms with Gasteiger partial charge in [-0.25, -0.2) is 0 Å². The molecule has 0 aliphatic heterocycles. The number of nitrogens with one attached hydrogen (secondary N) is 1. The van der Waals surface area contributed by atoms with Gasteiger partial charge in [0, 0.05) is 6.42 Å². The van der Waals surface area contributed by atoms with Crippen LogP contribution >= 0.6 is 0 Å². The van der Waals surface area contributed by atoms with Crippen molar-refractivity contribution in [3.63, 3.8) is 0 Å². The molecule has 3 aromatic rings. The van der Waals surface area contributed by atoms with Gasteiger partial charge in [-0.3, -0.25) is 9.59 Å². The summed E-state index contributed by atoms with van der Waals surface area (Å²) in [5.41, 5.74) is 1.41. The Hall–Kier alpha value is -3.80. The molecule has 154 valence electrons. The molecule has 30 heavy (non-hydrogen) atoms. The summed E-state index contributed by atoms with van der Waals surface area (Å²) >= 11 is 0. The number of esters is 1. The highest BCUT2D eigenvalue weighted by molar-refractivity contribution is 5.94. The fraction of sp³-hybridized carbons (Fsp3) is 0.167. The first-order valence-electron chi connectivity index (χ1n) is 9.55. The van der Waals surface area contributed by atoms with E-state index in [4.69, 9.17) is 14.2 Å². The molecule has 1 amide bonds. The molecule has 0 spiro atoms. The van der Waals surface area contributed by atoms with E-state index in [-0.39, 0.29) is 13.0 Å². The average Bonchev–Trinajstić information content (AvgIpc) is 2.78. The lowest BCUT2D eigenvalue weighted by Gasteiger charge is -2.12. The molecule has 1 N–H and O–H groups in total. The van der Waals surface area contributed by atoms with Gasteiger partial charge in [0.25, 0.3) is 5.91 Å². The number of methoxy groups -OCH3 is 1. The van der Waals surface area contributed by atoms with Gasteiger partial charge < -0.3 is 19.5 Å². The highest BCUT2D eigenvalue weighted by atomic mass is 16.5. The molecule has 0 aliphatic rings. The van der Waals surface area contributed by atoms with Gasteiger partial charge in [-0.05, 0) is 42.3 Å². The van der Waals surface area contributed by atoms with Crippen LogP contribution in [0.2, 0.25) is 0 Å². The molecular formula is C24H23NO5. The summed E-state index contributed by atoms with van der Waals surface area (Å²) in [4.78, 5) is 24.2. The van der Waals surface area contributed by atoms with Gasteiger partial charge in [0.2, 0.25) is 0 Å². The fourth-order valence-electron chi connectivity index (χ4n) is 2.83. The molecule has 0 unspecified atom stereocenters. The smallest absolute Gasteiger partial charge is 0.306 e. The van der Waals surface area contributed by atoms with Crippen LogP contribution in [0.1, 0.15) is 12.0 Å². The van der Waals surface area contributed by atoms with Gasteiger partial charge in [-0.1, -0.05) is 48.5 Å². The lowest BCUT2D eigenvalue weighted by Crippen LogP contribution is -2.21. The highest BCUT2D eigenvalue weighted by Crippen LogP contribution is 2.29. The van der Waals surface area contributed by atoms with Gasteiger partial charge >= 0.3 is 5.97 Å². The topological polar surface area (TPSA) is 73.9 Å². The number of benzene rings is 3. The molecule has 3 rings (SSSR count). The molecule has 0 fully saturated rings. The van der Waals surface area contributed by atoms with E-state index in [2.05, 4.69) is 5.32 Å². The van der Waals surface area contributed by atoms with Gasteiger partial charge in [0.05, 0.1) is 12.8 Å². The van der Waals surface area contributed by atoms with Crippen molar-refractivity contribution in [1.29, 1.82) is 0 Å². The van der Waals surface area contributed by atoms with Crippen molar-refractivity contribution in [1.82, 2.24) is 0 Å². The number of amides is 1. The van der Waals surface area contributed by atoms with Gasteiger partial charge in [0.15, 0.2) is 12.4 Å². The summed E-state index contributed by atoms with van der Waals surface area (Å²) in [5.74, 6) is 0.981. The van der Waals surface area contributed by atoms with Crippen LogP contribution in [-0.2, 0) is 20.7 Å². The molecule has 0 bridgehead atoms. The van der Waals surface area contributed by atoms with E-state index in [0.29, 0.717) is 23.6 Å². The predicted octanol–water partition coefficient (Wildman–Crippen LogP) is 4.60. The van der Waals surface area contributed by atoms with E-state index in [1.54, 1.807) is 25.3 Å². The second-order valence-corrected chi connectivity index (χ2v) is 6.43. The van der Waals surface area contributed by atoms with Crippen molar-refractivity contribution in [3.05, 3.63) is 84.4 Å². The molecule has 0 aromatic heterocycles. The standard InChI is InChI=1S/C24H23NO5/c1-28-21-13-7-5-9-18(21)15-16-24(27)29-17-23(26)25-20-12-6-8-14-22(20)30-19-10-3-2-4-11-19/h2-14H,15-17H2,1H3,(H,25,26). The van der Waals surface area contributed by atoms with E-state index in [0.717, 1.165) is 11.3 Å². The Morgan fingerprint density at radius 2 is 1.50 bits per heavy atom. The molecule has 0 saturated carbocycles. The minimum Gasteiger partial charge on any atom is -0.496 e. The van der Waals surface area contributed by atoms with Crippen LogP contribution in [-0.4, -0.2) is 25.6 Å². The minimum atomic E-state index is -0.454. The van der Waals surface area contributed by atoms with Crippen molar-refractivity contribution in [2.75, 3.05) is 19.0 Å². The van der Waals surface area contributed by atoms with Gasteiger partial charge in [-0.2, -0.15) is 0 Å². The molecule has 0 radical (unpaired) electrons. The van der Waals surface area contributed by atoms with Crippen molar-refractivity contribution < 1.29 is 23.8 Å². The zero-order valence-electron chi connectivity index (χ0n) is 16.7. The Balaban J connectivity index is 1.49. The maximum absolute atomic E-state index is 12.2. The SMILES string of the molecule is COc1ccccc1CCC(=O)OCC(=O)Nc1ccccc1Oc1ccccc1. The lowest BCUT2D eigenvalue weighted by molar-refractivity contribution is -0.147. The van der Waals surface area contributed by atoms with Crippen molar-refractivity contribution >= 4 is 17.6 Å². The summed E-state index contributed by atoms with van der Waals surface area (Å²) in [6.45, 7) is -0.371. The second kappa shape index (κ2) is 10.7. The largest absolute Gasteiger partial charge is 0.496 e. The third kappa shape index (κ3) is 6.10. The highest BCUT2D eigenvalue weighted by Gasteiger charge is 2.12.